The largest absolute Gasteiger partial charge is 0.342 e. The Bertz CT molecular complexity index is 522. The van der Waals surface area contributed by atoms with E-state index < -0.39 is 0 Å². The molecule has 2 fully saturated rings. The summed E-state index contributed by atoms with van der Waals surface area (Å²) < 4.78 is 0. The van der Waals surface area contributed by atoms with E-state index in [1.165, 1.54) is 12.8 Å². The molecule has 0 unspecified atom stereocenters. The van der Waals surface area contributed by atoms with Crippen LogP contribution in [0.1, 0.15) is 30.7 Å². The molecule has 0 bridgehead atoms. The third kappa shape index (κ3) is 3.20. The predicted octanol–water partition coefficient (Wildman–Crippen LogP) is 2.44. The van der Waals surface area contributed by atoms with Crippen molar-refractivity contribution in [1.82, 2.24) is 14.9 Å². The van der Waals surface area contributed by atoms with Gasteiger partial charge < -0.3 is 4.90 Å². The van der Waals surface area contributed by atoms with Crippen LogP contribution in [0.15, 0.2) is 12.4 Å². The van der Waals surface area contributed by atoms with Crippen LogP contribution in [0.4, 0.5) is 0 Å². The standard InChI is InChI=1S/C16H22ClN3O/c1-11-6-14(19-10-18-11)7-12-2-3-13-8-20(9-15(12)13)16(21)4-5-17/h6,10,12-13,15H,2-5,7-9H2,1H3/t12-,13-,15-/m1/s1. The number of carbonyl (C=O) groups excluding carboxylic acids is 1. The Morgan fingerprint density at radius 3 is 3.00 bits per heavy atom. The molecule has 0 aromatic carbocycles. The first-order chi connectivity index (χ1) is 10.2. The minimum atomic E-state index is 0.219. The quantitative estimate of drug-likeness (QED) is 0.803. The molecule has 1 aromatic rings. The molecule has 2 aliphatic rings. The van der Waals surface area contributed by atoms with Gasteiger partial charge in [0, 0.05) is 36.8 Å². The highest BCUT2D eigenvalue weighted by Gasteiger charge is 2.43. The lowest BCUT2D eigenvalue weighted by molar-refractivity contribution is -0.130. The van der Waals surface area contributed by atoms with Gasteiger partial charge in [-0.3, -0.25) is 4.79 Å². The van der Waals surface area contributed by atoms with Crippen LogP contribution in [0.3, 0.4) is 0 Å². The summed E-state index contributed by atoms with van der Waals surface area (Å²) in [5.41, 5.74) is 2.17. The second kappa shape index (κ2) is 6.30. The van der Waals surface area contributed by atoms with Crippen molar-refractivity contribution >= 4 is 17.5 Å². The van der Waals surface area contributed by atoms with Crippen LogP contribution in [-0.2, 0) is 11.2 Å². The van der Waals surface area contributed by atoms with E-state index in [4.69, 9.17) is 11.6 Å². The van der Waals surface area contributed by atoms with Crippen molar-refractivity contribution in [3.05, 3.63) is 23.8 Å². The summed E-state index contributed by atoms with van der Waals surface area (Å²) in [5.74, 6) is 2.61. The number of halogens is 1. The predicted molar refractivity (Wildman–Crippen MR) is 82.1 cm³/mol. The molecule has 3 rings (SSSR count). The molecule has 1 saturated carbocycles. The van der Waals surface area contributed by atoms with E-state index in [9.17, 15) is 4.79 Å². The molecule has 5 heteroatoms. The van der Waals surface area contributed by atoms with Gasteiger partial charge in [0.25, 0.3) is 0 Å². The van der Waals surface area contributed by atoms with E-state index >= 15 is 0 Å². The zero-order valence-corrected chi connectivity index (χ0v) is 13.2. The highest BCUT2D eigenvalue weighted by molar-refractivity contribution is 6.18. The van der Waals surface area contributed by atoms with Gasteiger partial charge in [-0.25, -0.2) is 9.97 Å². The summed E-state index contributed by atoms with van der Waals surface area (Å²) in [6.45, 7) is 3.85. The molecular weight excluding hydrogens is 286 g/mol. The minimum absolute atomic E-state index is 0.219. The maximum Gasteiger partial charge on any atom is 0.223 e. The fraction of sp³-hybridized carbons (Fsp3) is 0.688. The lowest BCUT2D eigenvalue weighted by atomic mass is 9.89. The van der Waals surface area contributed by atoms with Crippen molar-refractivity contribution < 1.29 is 4.79 Å². The fourth-order valence-corrected chi connectivity index (χ4v) is 4.13. The van der Waals surface area contributed by atoms with E-state index in [1.54, 1.807) is 6.33 Å². The number of aryl methyl sites for hydroxylation is 1. The van der Waals surface area contributed by atoms with Gasteiger partial charge in [0.05, 0.1) is 0 Å². The van der Waals surface area contributed by atoms with Crippen molar-refractivity contribution in [3.63, 3.8) is 0 Å². The lowest BCUT2D eigenvalue weighted by Gasteiger charge is -2.20. The van der Waals surface area contributed by atoms with Gasteiger partial charge in [0.2, 0.25) is 5.91 Å². The topological polar surface area (TPSA) is 46.1 Å². The molecule has 3 atom stereocenters. The first-order valence-electron chi connectivity index (χ1n) is 7.78. The maximum atomic E-state index is 12.0. The molecule has 1 saturated heterocycles. The summed E-state index contributed by atoms with van der Waals surface area (Å²) in [6, 6.07) is 2.08. The van der Waals surface area contributed by atoms with Crippen LogP contribution < -0.4 is 0 Å². The molecule has 1 amide bonds. The molecule has 21 heavy (non-hydrogen) atoms. The van der Waals surface area contributed by atoms with Crippen molar-refractivity contribution in [2.75, 3.05) is 19.0 Å². The van der Waals surface area contributed by atoms with Gasteiger partial charge in [-0.1, -0.05) is 0 Å². The minimum Gasteiger partial charge on any atom is -0.342 e. The smallest absolute Gasteiger partial charge is 0.223 e. The summed E-state index contributed by atoms with van der Waals surface area (Å²) in [6.07, 6.45) is 5.64. The number of fused-ring (bicyclic) bond motifs is 1. The number of aromatic nitrogens is 2. The zero-order valence-electron chi connectivity index (χ0n) is 12.5. The van der Waals surface area contributed by atoms with E-state index in [1.807, 2.05) is 11.8 Å². The molecular formula is C16H22ClN3O. The number of amides is 1. The number of nitrogens with zero attached hydrogens (tertiary/aromatic N) is 3. The van der Waals surface area contributed by atoms with Crippen molar-refractivity contribution in [1.29, 1.82) is 0 Å². The number of rotatable bonds is 4. The summed E-state index contributed by atoms with van der Waals surface area (Å²) in [4.78, 5) is 22.6. The first kappa shape index (κ1) is 14.8. The van der Waals surface area contributed by atoms with Crippen LogP contribution in [0, 0.1) is 24.7 Å². The van der Waals surface area contributed by atoms with E-state index in [-0.39, 0.29) is 5.91 Å². The van der Waals surface area contributed by atoms with Crippen molar-refractivity contribution in [2.45, 2.75) is 32.6 Å². The van der Waals surface area contributed by atoms with Crippen LogP contribution in [0.5, 0.6) is 0 Å². The van der Waals surface area contributed by atoms with Gasteiger partial charge in [0.1, 0.15) is 6.33 Å². The number of hydrogen-bond donors (Lipinski definition) is 0. The third-order valence-corrected chi connectivity index (χ3v) is 5.19. The Balaban J connectivity index is 1.63. The van der Waals surface area contributed by atoms with Crippen LogP contribution in [-0.4, -0.2) is 39.7 Å². The normalized spacial score (nSPS) is 27.9. The van der Waals surface area contributed by atoms with Crippen LogP contribution in [0.2, 0.25) is 0 Å². The SMILES string of the molecule is Cc1cc(C[C@H]2CC[C@@H]3CN(C(=O)CCCl)C[C@H]23)ncn1. The van der Waals surface area contributed by atoms with E-state index in [0.717, 1.165) is 30.9 Å². The highest BCUT2D eigenvalue weighted by atomic mass is 35.5. The average molecular weight is 308 g/mol. The third-order valence-electron chi connectivity index (χ3n) is 5.00. The molecule has 0 N–H and O–H groups in total. The molecule has 2 heterocycles. The Kier molecular flexibility index (Phi) is 4.43. The maximum absolute atomic E-state index is 12.0. The summed E-state index contributed by atoms with van der Waals surface area (Å²) >= 11 is 5.68. The monoisotopic (exact) mass is 307 g/mol. The molecule has 1 aliphatic heterocycles. The number of likely N-dealkylation sites (tertiary alicyclic amines) is 1. The van der Waals surface area contributed by atoms with Gasteiger partial charge in [-0.15, -0.1) is 11.6 Å². The summed E-state index contributed by atoms with van der Waals surface area (Å²) in [5, 5.41) is 0. The molecule has 4 nitrogen and oxygen atoms in total. The fourth-order valence-electron chi connectivity index (χ4n) is 3.96. The Labute approximate surface area is 130 Å². The van der Waals surface area contributed by atoms with Gasteiger partial charge in [0.15, 0.2) is 0 Å². The first-order valence-corrected chi connectivity index (χ1v) is 8.32. The highest BCUT2D eigenvalue weighted by Crippen LogP contribution is 2.43. The van der Waals surface area contributed by atoms with Crippen molar-refractivity contribution in [2.24, 2.45) is 17.8 Å². The molecule has 114 valence electrons. The Hall–Kier alpha value is -1.16. The van der Waals surface area contributed by atoms with Gasteiger partial charge >= 0.3 is 0 Å². The van der Waals surface area contributed by atoms with E-state index in [2.05, 4.69) is 16.0 Å². The van der Waals surface area contributed by atoms with Crippen LogP contribution in [0.25, 0.3) is 0 Å². The molecule has 1 aromatic heterocycles. The number of hydrogen-bond acceptors (Lipinski definition) is 3. The Morgan fingerprint density at radius 1 is 1.38 bits per heavy atom. The van der Waals surface area contributed by atoms with E-state index in [0.29, 0.717) is 30.1 Å². The molecule has 1 aliphatic carbocycles. The van der Waals surface area contributed by atoms with Gasteiger partial charge in [-0.2, -0.15) is 0 Å². The zero-order chi connectivity index (χ0) is 14.8. The molecule has 0 radical (unpaired) electrons. The summed E-state index contributed by atoms with van der Waals surface area (Å²) in [7, 11) is 0. The van der Waals surface area contributed by atoms with Crippen molar-refractivity contribution in [3.8, 4) is 0 Å². The van der Waals surface area contributed by atoms with Crippen LogP contribution >= 0.6 is 11.6 Å². The lowest BCUT2D eigenvalue weighted by Crippen LogP contribution is -2.30. The Morgan fingerprint density at radius 2 is 2.24 bits per heavy atom. The average Bonchev–Trinajstić information content (AvgIpc) is 3.01. The second-order valence-electron chi connectivity index (χ2n) is 6.35. The molecule has 0 spiro atoms. The number of alkyl halides is 1. The number of carbonyl (C=O) groups is 1. The second-order valence-corrected chi connectivity index (χ2v) is 6.73. The van der Waals surface area contributed by atoms with Gasteiger partial charge in [-0.05, 0) is 50.0 Å².